The van der Waals surface area contributed by atoms with Crippen LogP contribution in [-0.4, -0.2) is 14.6 Å². The van der Waals surface area contributed by atoms with Crippen LogP contribution in [0.5, 0.6) is 0 Å². The third-order valence-corrected chi connectivity index (χ3v) is 2.67. The summed E-state index contributed by atoms with van der Waals surface area (Å²) in [5.74, 6) is 0. The molecule has 0 radical (unpaired) electrons. The molecule has 0 saturated carbocycles. The second-order valence-corrected chi connectivity index (χ2v) is 3.65. The molecule has 0 fully saturated rings. The van der Waals surface area contributed by atoms with Crippen molar-refractivity contribution in [1.82, 2.24) is 14.6 Å². The summed E-state index contributed by atoms with van der Waals surface area (Å²) in [5.41, 5.74) is 0.317. The lowest BCUT2D eigenvalue weighted by Crippen LogP contribution is -2.08. The van der Waals surface area contributed by atoms with E-state index >= 15 is 0 Å². The van der Waals surface area contributed by atoms with Crippen LogP contribution in [0.1, 0.15) is 0 Å². The molecular formula is C10H6ClN3O. The lowest BCUT2D eigenvalue weighted by atomic mass is 10.2. The minimum absolute atomic E-state index is 0.280. The van der Waals surface area contributed by atoms with Crippen molar-refractivity contribution in [2.45, 2.75) is 0 Å². The molecule has 3 aromatic rings. The summed E-state index contributed by atoms with van der Waals surface area (Å²) < 4.78 is 1.41. The van der Waals surface area contributed by atoms with Crippen molar-refractivity contribution >= 4 is 28.0 Å². The lowest BCUT2D eigenvalue weighted by molar-refractivity contribution is 1.02. The lowest BCUT2D eigenvalue weighted by Gasteiger charge is -2.00. The van der Waals surface area contributed by atoms with Crippen LogP contribution in [0.4, 0.5) is 0 Å². The molecule has 0 aliphatic rings. The second-order valence-electron chi connectivity index (χ2n) is 3.24. The molecule has 2 aromatic heterocycles. The van der Waals surface area contributed by atoms with Gasteiger partial charge in [0.25, 0.3) is 0 Å². The zero-order chi connectivity index (χ0) is 10.4. The maximum atomic E-state index is 11.4. The van der Waals surface area contributed by atoms with Crippen molar-refractivity contribution in [3.8, 4) is 0 Å². The van der Waals surface area contributed by atoms with E-state index in [1.54, 1.807) is 6.20 Å². The Labute approximate surface area is 89.1 Å². The van der Waals surface area contributed by atoms with E-state index in [1.807, 2.05) is 24.3 Å². The van der Waals surface area contributed by atoms with Gasteiger partial charge in [0.15, 0.2) is 5.65 Å². The summed E-state index contributed by atoms with van der Waals surface area (Å²) in [6, 6.07) is 7.57. The third-order valence-electron chi connectivity index (χ3n) is 2.37. The quantitative estimate of drug-likeness (QED) is 0.627. The summed E-state index contributed by atoms with van der Waals surface area (Å²) in [7, 11) is 0. The van der Waals surface area contributed by atoms with E-state index in [4.69, 9.17) is 11.6 Å². The first-order valence-electron chi connectivity index (χ1n) is 4.41. The predicted octanol–water partition coefficient (Wildman–Crippen LogP) is 1.83. The van der Waals surface area contributed by atoms with E-state index in [9.17, 15) is 4.79 Å². The van der Waals surface area contributed by atoms with E-state index in [-0.39, 0.29) is 5.69 Å². The molecule has 0 unspecified atom stereocenters. The summed E-state index contributed by atoms with van der Waals surface area (Å²) >= 11 is 6.06. The largest absolute Gasteiger partial charge is 0.347 e. The number of hydrogen-bond acceptors (Lipinski definition) is 2. The maximum Gasteiger partial charge on any atom is 0.347 e. The van der Waals surface area contributed by atoms with Gasteiger partial charge in [-0.2, -0.15) is 5.10 Å². The zero-order valence-corrected chi connectivity index (χ0v) is 8.32. The van der Waals surface area contributed by atoms with E-state index in [0.29, 0.717) is 10.7 Å². The molecule has 74 valence electrons. The third kappa shape index (κ3) is 1.08. The molecule has 0 atom stereocenters. The molecule has 0 spiro atoms. The second kappa shape index (κ2) is 2.84. The number of nitrogens with one attached hydrogen (secondary N) is 1. The highest BCUT2D eigenvalue weighted by Gasteiger charge is 2.07. The summed E-state index contributed by atoms with van der Waals surface area (Å²) in [5, 5.41) is 8.65. The molecular weight excluding hydrogens is 214 g/mol. The van der Waals surface area contributed by atoms with Gasteiger partial charge in [0, 0.05) is 17.0 Å². The summed E-state index contributed by atoms with van der Waals surface area (Å²) in [6.07, 6.45) is 1.57. The van der Waals surface area contributed by atoms with Gasteiger partial charge in [-0.1, -0.05) is 35.9 Å². The molecule has 4 nitrogen and oxygen atoms in total. The minimum Gasteiger partial charge on any atom is -0.248 e. The number of nitrogens with zero attached hydrogens (tertiary/aromatic N) is 2. The molecule has 5 heteroatoms. The first kappa shape index (κ1) is 8.49. The standard InChI is InChI=1S/C10H6ClN3O/c11-8-5-14-9(12-13-10(14)15)7-4-2-1-3-6(7)8/h1-5H,(H,13,15). The fraction of sp³-hybridized carbons (Fsp3) is 0. The number of fused-ring (bicyclic) bond motifs is 3. The van der Waals surface area contributed by atoms with Crippen LogP contribution < -0.4 is 5.69 Å². The average Bonchev–Trinajstić information content (AvgIpc) is 2.62. The van der Waals surface area contributed by atoms with Crippen molar-refractivity contribution in [2.24, 2.45) is 0 Å². The predicted molar refractivity (Wildman–Crippen MR) is 58.3 cm³/mol. The van der Waals surface area contributed by atoms with Gasteiger partial charge in [-0.25, -0.2) is 14.3 Å². The summed E-state index contributed by atoms with van der Waals surface area (Å²) in [4.78, 5) is 11.4. The highest BCUT2D eigenvalue weighted by Crippen LogP contribution is 2.24. The van der Waals surface area contributed by atoms with Crippen LogP contribution in [0.15, 0.2) is 35.3 Å². The van der Waals surface area contributed by atoms with Crippen molar-refractivity contribution in [3.05, 3.63) is 46.0 Å². The van der Waals surface area contributed by atoms with Gasteiger partial charge in [0.2, 0.25) is 0 Å². The number of rotatable bonds is 0. The molecule has 15 heavy (non-hydrogen) atoms. The van der Waals surface area contributed by atoms with Gasteiger partial charge in [-0.05, 0) is 0 Å². The number of aromatic nitrogens is 3. The van der Waals surface area contributed by atoms with Crippen LogP contribution in [0.3, 0.4) is 0 Å². The SMILES string of the molecule is O=c1[nH]nc2c3ccccc3c(Cl)cn12. The first-order chi connectivity index (χ1) is 7.27. The Kier molecular flexibility index (Phi) is 1.61. The van der Waals surface area contributed by atoms with Gasteiger partial charge in [-0.3, -0.25) is 0 Å². The van der Waals surface area contributed by atoms with Crippen LogP contribution >= 0.6 is 11.6 Å². The van der Waals surface area contributed by atoms with Crippen molar-refractivity contribution in [3.63, 3.8) is 0 Å². The van der Waals surface area contributed by atoms with Gasteiger partial charge in [-0.15, -0.1) is 0 Å². The van der Waals surface area contributed by atoms with E-state index in [2.05, 4.69) is 10.2 Å². The Bertz CT molecular complexity index is 713. The van der Waals surface area contributed by atoms with Crippen LogP contribution in [0, 0.1) is 0 Å². The van der Waals surface area contributed by atoms with Gasteiger partial charge >= 0.3 is 5.69 Å². The Morgan fingerprint density at radius 2 is 2.00 bits per heavy atom. The Morgan fingerprint density at radius 1 is 1.27 bits per heavy atom. The zero-order valence-electron chi connectivity index (χ0n) is 7.57. The van der Waals surface area contributed by atoms with Gasteiger partial charge < -0.3 is 0 Å². The highest BCUT2D eigenvalue weighted by atomic mass is 35.5. The molecule has 1 aromatic carbocycles. The number of hydrogen-bond donors (Lipinski definition) is 1. The Hall–Kier alpha value is -1.81. The first-order valence-corrected chi connectivity index (χ1v) is 4.79. The molecule has 0 amide bonds. The van der Waals surface area contributed by atoms with E-state index in [0.717, 1.165) is 10.8 Å². The molecule has 1 N–H and O–H groups in total. The maximum absolute atomic E-state index is 11.4. The topological polar surface area (TPSA) is 50.2 Å². The Morgan fingerprint density at radius 3 is 2.80 bits per heavy atom. The van der Waals surface area contributed by atoms with E-state index in [1.165, 1.54) is 4.40 Å². The smallest absolute Gasteiger partial charge is 0.248 e. The number of H-pyrrole nitrogens is 1. The van der Waals surface area contributed by atoms with E-state index < -0.39 is 0 Å². The minimum atomic E-state index is -0.280. The summed E-state index contributed by atoms with van der Waals surface area (Å²) in [6.45, 7) is 0. The van der Waals surface area contributed by atoms with Crippen LogP contribution in [-0.2, 0) is 0 Å². The number of aromatic amines is 1. The van der Waals surface area contributed by atoms with Crippen LogP contribution in [0.25, 0.3) is 16.4 Å². The molecule has 3 rings (SSSR count). The molecule has 0 saturated heterocycles. The average molecular weight is 220 g/mol. The monoisotopic (exact) mass is 219 g/mol. The molecule has 0 aliphatic carbocycles. The number of benzene rings is 1. The molecule has 0 bridgehead atoms. The highest BCUT2D eigenvalue weighted by molar-refractivity contribution is 6.35. The fourth-order valence-electron chi connectivity index (χ4n) is 1.68. The van der Waals surface area contributed by atoms with Crippen molar-refractivity contribution in [2.75, 3.05) is 0 Å². The number of halogens is 1. The van der Waals surface area contributed by atoms with Crippen LogP contribution in [0.2, 0.25) is 5.02 Å². The van der Waals surface area contributed by atoms with Gasteiger partial charge in [0.1, 0.15) is 0 Å². The molecule has 2 heterocycles. The Balaban J connectivity index is 2.71. The van der Waals surface area contributed by atoms with Gasteiger partial charge in [0.05, 0.1) is 5.02 Å². The normalized spacial score (nSPS) is 11.3. The molecule has 0 aliphatic heterocycles. The van der Waals surface area contributed by atoms with Crippen molar-refractivity contribution < 1.29 is 0 Å². The number of pyridine rings is 1. The van der Waals surface area contributed by atoms with Crippen molar-refractivity contribution in [1.29, 1.82) is 0 Å². The fourth-order valence-corrected chi connectivity index (χ4v) is 1.95.